The average Bonchev–Trinajstić information content (AvgIpc) is 3.49. The van der Waals surface area contributed by atoms with Crippen molar-refractivity contribution in [3.8, 4) is 0 Å². The van der Waals surface area contributed by atoms with Crippen molar-refractivity contribution in [3.05, 3.63) is 71.3 Å². The largest absolute Gasteiger partial charge is 0.339 e. The van der Waals surface area contributed by atoms with Gasteiger partial charge in [0.05, 0.1) is 0 Å². The van der Waals surface area contributed by atoms with Gasteiger partial charge in [-0.2, -0.15) is 0 Å². The van der Waals surface area contributed by atoms with E-state index in [0.717, 1.165) is 17.5 Å². The zero-order chi connectivity index (χ0) is 18.1. The lowest BCUT2D eigenvalue weighted by Gasteiger charge is -2.35. The summed E-state index contributed by atoms with van der Waals surface area (Å²) in [6.07, 6.45) is 0.950. The van der Waals surface area contributed by atoms with E-state index < -0.39 is 0 Å². The monoisotopic (exact) mass is 348 g/mol. The number of benzene rings is 2. The second-order valence-electron chi connectivity index (χ2n) is 7.29. The molecular formula is C22H24N2O2. The summed E-state index contributed by atoms with van der Waals surface area (Å²) in [5.41, 5.74) is 3.03. The van der Waals surface area contributed by atoms with Crippen LogP contribution in [0.2, 0.25) is 0 Å². The van der Waals surface area contributed by atoms with Gasteiger partial charge in [-0.3, -0.25) is 9.59 Å². The third-order valence-corrected chi connectivity index (χ3v) is 5.59. The van der Waals surface area contributed by atoms with Gasteiger partial charge in [-0.25, -0.2) is 0 Å². The summed E-state index contributed by atoms with van der Waals surface area (Å²) in [5.74, 6) is 0.817. The molecule has 1 saturated heterocycles. The first kappa shape index (κ1) is 16.8. The summed E-state index contributed by atoms with van der Waals surface area (Å²) in [5, 5.41) is 0. The highest BCUT2D eigenvalue weighted by molar-refractivity contribution is 5.95. The van der Waals surface area contributed by atoms with Gasteiger partial charge in [0.2, 0.25) is 5.91 Å². The first-order chi connectivity index (χ1) is 12.6. The van der Waals surface area contributed by atoms with Crippen LogP contribution in [0.4, 0.5) is 0 Å². The number of nitrogens with zero attached hydrogens (tertiary/aromatic N) is 2. The maximum atomic E-state index is 12.8. The van der Waals surface area contributed by atoms with Crippen LogP contribution in [0.25, 0.3) is 0 Å². The fourth-order valence-corrected chi connectivity index (χ4v) is 3.88. The van der Waals surface area contributed by atoms with Crippen LogP contribution in [0.3, 0.4) is 0 Å². The Morgan fingerprint density at radius 1 is 0.846 bits per heavy atom. The Morgan fingerprint density at radius 2 is 1.46 bits per heavy atom. The number of aryl methyl sites for hydroxylation is 1. The minimum absolute atomic E-state index is 0.0729. The average molecular weight is 348 g/mol. The van der Waals surface area contributed by atoms with E-state index in [1.165, 1.54) is 5.56 Å². The summed E-state index contributed by atoms with van der Waals surface area (Å²) in [7, 11) is 0. The quantitative estimate of drug-likeness (QED) is 0.855. The molecule has 26 heavy (non-hydrogen) atoms. The maximum absolute atomic E-state index is 12.8. The molecule has 1 heterocycles. The molecule has 2 aromatic carbocycles. The van der Waals surface area contributed by atoms with Gasteiger partial charge < -0.3 is 9.80 Å². The second-order valence-corrected chi connectivity index (χ2v) is 7.29. The molecule has 2 amide bonds. The van der Waals surface area contributed by atoms with Gasteiger partial charge in [-0.05, 0) is 36.5 Å². The van der Waals surface area contributed by atoms with Gasteiger partial charge in [0, 0.05) is 37.7 Å². The van der Waals surface area contributed by atoms with E-state index in [1.807, 2.05) is 59.2 Å². The second kappa shape index (κ2) is 6.94. The topological polar surface area (TPSA) is 40.6 Å². The Hall–Kier alpha value is -2.62. The molecule has 0 unspecified atom stereocenters. The summed E-state index contributed by atoms with van der Waals surface area (Å²) in [6.45, 7) is 4.45. The molecule has 1 aliphatic heterocycles. The predicted octanol–water partition coefficient (Wildman–Crippen LogP) is 3.08. The Labute approximate surface area is 154 Å². The third kappa shape index (κ3) is 3.24. The van der Waals surface area contributed by atoms with E-state index in [9.17, 15) is 9.59 Å². The molecule has 0 N–H and O–H groups in total. The fraction of sp³-hybridized carbons (Fsp3) is 0.364. The molecule has 0 aromatic heterocycles. The van der Waals surface area contributed by atoms with Gasteiger partial charge in [-0.1, -0.05) is 48.5 Å². The molecule has 1 saturated carbocycles. The molecule has 2 fully saturated rings. The van der Waals surface area contributed by atoms with Crippen molar-refractivity contribution in [1.29, 1.82) is 0 Å². The Morgan fingerprint density at radius 3 is 2.15 bits per heavy atom. The fourth-order valence-electron chi connectivity index (χ4n) is 3.88. The van der Waals surface area contributed by atoms with Gasteiger partial charge in [-0.15, -0.1) is 0 Å². The van der Waals surface area contributed by atoms with Crippen molar-refractivity contribution in [2.75, 3.05) is 26.2 Å². The molecule has 0 spiro atoms. The molecule has 0 radical (unpaired) electrons. The third-order valence-electron chi connectivity index (χ3n) is 5.59. The lowest BCUT2D eigenvalue weighted by Crippen LogP contribution is -2.51. The van der Waals surface area contributed by atoms with Crippen molar-refractivity contribution >= 4 is 11.8 Å². The molecule has 2 atom stereocenters. The van der Waals surface area contributed by atoms with E-state index in [2.05, 4.69) is 12.1 Å². The van der Waals surface area contributed by atoms with Gasteiger partial charge in [0.1, 0.15) is 0 Å². The number of hydrogen-bond acceptors (Lipinski definition) is 2. The smallest absolute Gasteiger partial charge is 0.254 e. The maximum Gasteiger partial charge on any atom is 0.254 e. The van der Waals surface area contributed by atoms with Crippen LogP contribution in [0.1, 0.15) is 33.8 Å². The molecule has 1 aliphatic carbocycles. The number of carbonyl (C=O) groups excluding carboxylic acids is 2. The highest BCUT2D eigenvalue weighted by Crippen LogP contribution is 2.48. The lowest BCUT2D eigenvalue weighted by atomic mass is 10.1. The van der Waals surface area contributed by atoms with E-state index in [-0.39, 0.29) is 17.7 Å². The van der Waals surface area contributed by atoms with Crippen LogP contribution in [0.5, 0.6) is 0 Å². The molecule has 4 heteroatoms. The van der Waals surface area contributed by atoms with E-state index >= 15 is 0 Å². The van der Waals surface area contributed by atoms with Crippen LogP contribution >= 0.6 is 0 Å². The number of carbonyl (C=O) groups is 2. The van der Waals surface area contributed by atoms with Gasteiger partial charge in [0.25, 0.3) is 5.91 Å². The van der Waals surface area contributed by atoms with Crippen molar-refractivity contribution in [2.45, 2.75) is 19.3 Å². The number of hydrogen-bond donors (Lipinski definition) is 0. The Balaban J connectivity index is 1.33. The van der Waals surface area contributed by atoms with Crippen LogP contribution in [0, 0.1) is 12.8 Å². The zero-order valence-corrected chi connectivity index (χ0v) is 15.1. The normalized spacial score (nSPS) is 22.2. The van der Waals surface area contributed by atoms with E-state index in [4.69, 9.17) is 0 Å². The van der Waals surface area contributed by atoms with Crippen molar-refractivity contribution in [3.63, 3.8) is 0 Å². The standard InChI is InChI=1S/C22H24N2O2/c1-16-7-5-6-10-18(16)21(25)23-11-13-24(14-12-23)22(26)20-15-19(20)17-8-3-2-4-9-17/h2-10,19-20H,11-15H2,1H3/t19-,20+/m0/s1. The SMILES string of the molecule is Cc1ccccc1C(=O)N1CCN(C(=O)[C@@H]2C[C@H]2c2ccccc2)CC1. The number of piperazine rings is 1. The van der Waals surface area contributed by atoms with Gasteiger partial charge >= 0.3 is 0 Å². The molecule has 4 nitrogen and oxygen atoms in total. The first-order valence-electron chi connectivity index (χ1n) is 9.34. The zero-order valence-electron chi connectivity index (χ0n) is 15.1. The van der Waals surface area contributed by atoms with Crippen LogP contribution < -0.4 is 0 Å². The number of amides is 2. The Bertz CT molecular complexity index is 810. The van der Waals surface area contributed by atoms with Gasteiger partial charge in [0.15, 0.2) is 0 Å². The molecule has 0 bridgehead atoms. The van der Waals surface area contributed by atoms with Crippen LogP contribution in [-0.4, -0.2) is 47.8 Å². The molecule has 134 valence electrons. The summed E-state index contributed by atoms with van der Waals surface area (Å²) < 4.78 is 0. The molecular weight excluding hydrogens is 324 g/mol. The summed E-state index contributed by atoms with van der Waals surface area (Å²) in [4.78, 5) is 29.3. The highest BCUT2D eigenvalue weighted by atomic mass is 16.2. The number of rotatable bonds is 3. The van der Waals surface area contributed by atoms with Crippen molar-refractivity contribution in [2.24, 2.45) is 5.92 Å². The van der Waals surface area contributed by atoms with E-state index in [0.29, 0.717) is 32.1 Å². The molecule has 2 aliphatic rings. The first-order valence-corrected chi connectivity index (χ1v) is 9.34. The minimum Gasteiger partial charge on any atom is -0.339 e. The molecule has 2 aromatic rings. The van der Waals surface area contributed by atoms with Crippen molar-refractivity contribution in [1.82, 2.24) is 9.80 Å². The minimum atomic E-state index is 0.0729. The van der Waals surface area contributed by atoms with E-state index in [1.54, 1.807) is 0 Å². The Kier molecular flexibility index (Phi) is 4.49. The highest BCUT2D eigenvalue weighted by Gasteiger charge is 2.46. The molecule has 4 rings (SSSR count). The predicted molar refractivity (Wildman–Crippen MR) is 101 cm³/mol. The van der Waals surface area contributed by atoms with Crippen LogP contribution in [-0.2, 0) is 4.79 Å². The summed E-state index contributed by atoms with van der Waals surface area (Å²) >= 11 is 0. The lowest BCUT2D eigenvalue weighted by molar-refractivity contribution is -0.134. The summed E-state index contributed by atoms with van der Waals surface area (Å²) in [6, 6.07) is 18.0. The van der Waals surface area contributed by atoms with Crippen molar-refractivity contribution < 1.29 is 9.59 Å². The van der Waals surface area contributed by atoms with Crippen LogP contribution in [0.15, 0.2) is 54.6 Å².